The zero-order chi connectivity index (χ0) is 20.2. The van der Waals surface area contributed by atoms with E-state index in [0.29, 0.717) is 18.1 Å². The molecule has 4 aromatic rings. The second kappa shape index (κ2) is 8.05. The minimum Gasteiger partial charge on any atom is -0.481 e. The molecule has 1 N–H and O–H groups in total. The Bertz CT molecular complexity index is 1130. The van der Waals surface area contributed by atoms with Crippen molar-refractivity contribution in [3.63, 3.8) is 0 Å². The lowest BCUT2D eigenvalue weighted by atomic mass is 10.1. The van der Waals surface area contributed by atoms with E-state index in [1.165, 1.54) is 30.6 Å². The van der Waals surface area contributed by atoms with Crippen LogP contribution < -0.4 is 10.1 Å². The van der Waals surface area contributed by atoms with E-state index in [1.807, 2.05) is 30.3 Å². The minimum absolute atomic E-state index is 0.253. The molecule has 0 saturated carbocycles. The Morgan fingerprint density at radius 3 is 2.62 bits per heavy atom. The summed E-state index contributed by atoms with van der Waals surface area (Å²) >= 11 is 0. The number of hydrogen-bond acceptors (Lipinski definition) is 5. The molecule has 146 valence electrons. The summed E-state index contributed by atoms with van der Waals surface area (Å²) in [5, 5.41) is 7.03. The third-order valence-corrected chi connectivity index (χ3v) is 4.39. The molecular formula is C21H18FN5O2. The number of nitrogens with one attached hydrogen (secondary N) is 1. The lowest BCUT2D eigenvalue weighted by Gasteiger charge is -2.15. The number of nitrogens with zero attached hydrogens (tertiary/aromatic N) is 4. The number of fused-ring (bicyclic) bond motifs is 1. The van der Waals surface area contributed by atoms with E-state index >= 15 is 0 Å². The van der Waals surface area contributed by atoms with Gasteiger partial charge in [-0.3, -0.25) is 4.79 Å². The molecule has 0 aliphatic carbocycles. The first-order valence-corrected chi connectivity index (χ1v) is 9.04. The summed E-state index contributed by atoms with van der Waals surface area (Å²) in [6, 6.07) is 15.2. The van der Waals surface area contributed by atoms with Crippen molar-refractivity contribution in [2.75, 3.05) is 0 Å². The molecule has 0 fully saturated rings. The van der Waals surface area contributed by atoms with E-state index in [1.54, 1.807) is 17.6 Å². The molecule has 0 saturated heterocycles. The van der Waals surface area contributed by atoms with Gasteiger partial charge in [0, 0.05) is 18.3 Å². The Labute approximate surface area is 166 Å². The van der Waals surface area contributed by atoms with Gasteiger partial charge in [0.2, 0.25) is 0 Å². The lowest BCUT2D eigenvalue weighted by Crippen LogP contribution is -2.35. The highest BCUT2D eigenvalue weighted by Crippen LogP contribution is 2.19. The molecule has 1 amide bonds. The third kappa shape index (κ3) is 4.21. The summed E-state index contributed by atoms with van der Waals surface area (Å²) in [4.78, 5) is 20.5. The normalized spacial score (nSPS) is 11.9. The summed E-state index contributed by atoms with van der Waals surface area (Å²) < 4.78 is 20.1. The molecule has 0 aliphatic rings. The van der Waals surface area contributed by atoms with Crippen molar-refractivity contribution < 1.29 is 13.9 Å². The van der Waals surface area contributed by atoms with Gasteiger partial charge < -0.3 is 10.1 Å². The lowest BCUT2D eigenvalue weighted by molar-refractivity contribution is -0.127. The Balaban J connectivity index is 1.37. The van der Waals surface area contributed by atoms with Crippen LogP contribution in [0.25, 0.3) is 17.0 Å². The second-order valence-corrected chi connectivity index (χ2v) is 6.43. The summed E-state index contributed by atoms with van der Waals surface area (Å²) in [6.07, 6.45) is 2.46. The topological polar surface area (TPSA) is 81.4 Å². The van der Waals surface area contributed by atoms with E-state index < -0.39 is 6.10 Å². The molecule has 7 nitrogen and oxygen atoms in total. The Morgan fingerprint density at radius 1 is 1.10 bits per heavy atom. The van der Waals surface area contributed by atoms with Crippen molar-refractivity contribution in [3.05, 3.63) is 78.5 Å². The number of carbonyl (C=O) groups is 1. The summed E-state index contributed by atoms with van der Waals surface area (Å²) in [5.41, 5.74) is 2.79. The Hall–Kier alpha value is -3.81. The predicted octanol–water partition coefficient (Wildman–Crippen LogP) is 3.01. The highest BCUT2D eigenvalue weighted by molar-refractivity contribution is 5.80. The van der Waals surface area contributed by atoms with Crippen LogP contribution in [-0.4, -0.2) is 31.6 Å². The number of amides is 1. The molecule has 0 spiro atoms. The summed E-state index contributed by atoms with van der Waals surface area (Å²) in [7, 11) is 0. The van der Waals surface area contributed by atoms with Crippen molar-refractivity contribution in [2.24, 2.45) is 0 Å². The number of halogens is 1. The number of rotatable bonds is 6. The van der Waals surface area contributed by atoms with Gasteiger partial charge in [0.25, 0.3) is 11.7 Å². The van der Waals surface area contributed by atoms with Gasteiger partial charge in [0.15, 0.2) is 6.10 Å². The maximum atomic E-state index is 12.9. The molecule has 2 heterocycles. The SMILES string of the molecule is C[C@@H](Oc1ccc(F)cc1)C(=O)NCc1ccc(-c2ccnc3ncnn23)cc1. The van der Waals surface area contributed by atoms with Crippen LogP contribution in [0.5, 0.6) is 5.75 Å². The van der Waals surface area contributed by atoms with Crippen molar-refractivity contribution in [1.29, 1.82) is 0 Å². The van der Waals surface area contributed by atoms with Gasteiger partial charge in [0.1, 0.15) is 17.9 Å². The predicted molar refractivity (Wildman–Crippen MR) is 105 cm³/mol. The van der Waals surface area contributed by atoms with Gasteiger partial charge in [0.05, 0.1) is 5.69 Å². The standard InChI is InChI=1S/C21H18FN5O2/c1-14(29-18-8-6-17(22)7-9-18)20(28)24-12-15-2-4-16(5-3-15)19-10-11-23-21-25-13-26-27(19)21/h2-11,13-14H,12H2,1H3,(H,24,28)/t14-/m1/s1. The number of aromatic nitrogens is 4. The van der Waals surface area contributed by atoms with Crippen molar-refractivity contribution in [2.45, 2.75) is 19.6 Å². The fraction of sp³-hybridized carbons (Fsp3) is 0.143. The zero-order valence-corrected chi connectivity index (χ0v) is 15.6. The molecule has 2 aromatic heterocycles. The number of benzene rings is 2. The van der Waals surface area contributed by atoms with Crippen LogP contribution in [0.15, 0.2) is 67.1 Å². The maximum Gasteiger partial charge on any atom is 0.261 e. The highest BCUT2D eigenvalue weighted by Gasteiger charge is 2.14. The van der Waals surface area contributed by atoms with E-state index in [-0.39, 0.29) is 11.7 Å². The Kier molecular flexibility index (Phi) is 5.15. The first-order chi connectivity index (χ1) is 14.1. The molecule has 0 radical (unpaired) electrons. The summed E-state index contributed by atoms with van der Waals surface area (Å²) in [6.45, 7) is 2.01. The number of hydrogen-bond donors (Lipinski definition) is 1. The molecule has 1 atom stereocenters. The molecule has 8 heteroatoms. The molecular weight excluding hydrogens is 373 g/mol. The van der Waals surface area contributed by atoms with E-state index in [0.717, 1.165) is 16.8 Å². The van der Waals surface area contributed by atoms with Crippen LogP contribution in [0.4, 0.5) is 4.39 Å². The molecule has 0 bridgehead atoms. The second-order valence-electron chi connectivity index (χ2n) is 6.43. The van der Waals surface area contributed by atoms with Gasteiger partial charge in [-0.2, -0.15) is 14.6 Å². The average molecular weight is 391 g/mol. The smallest absolute Gasteiger partial charge is 0.261 e. The fourth-order valence-corrected chi connectivity index (χ4v) is 2.85. The molecule has 2 aromatic carbocycles. The van der Waals surface area contributed by atoms with Crippen molar-refractivity contribution >= 4 is 11.7 Å². The van der Waals surface area contributed by atoms with Gasteiger partial charge >= 0.3 is 0 Å². The van der Waals surface area contributed by atoms with Crippen LogP contribution in [-0.2, 0) is 11.3 Å². The first-order valence-electron chi connectivity index (χ1n) is 9.04. The molecule has 0 unspecified atom stereocenters. The monoisotopic (exact) mass is 391 g/mol. The van der Waals surface area contributed by atoms with Crippen LogP contribution in [0.3, 0.4) is 0 Å². The van der Waals surface area contributed by atoms with Crippen LogP contribution >= 0.6 is 0 Å². The number of ether oxygens (including phenoxy) is 1. The fourth-order valence-electron chi connectivity index (χ4n) is 2.85. The van der Waals surface area contributed by atoms with E-state index in [4.69, 9.17) is 4.74 Å². The van der Waals surface area contributed by atoms with Crippen LogP contribution in [0.2, 0.25) is 0 Å². The quantitative estimate of drug-likeness (QED) is 0.546. The minimum atomic E-state index is -0.697. The van der Waals surface area contributed by atoms with Gasteiger partial charge in [-0.15, -0.1) is 0 Å². The first kappa shape index (κ1) is 18.5. The van der Waals surface area contributed by atoms with Gasteiger partial charge in [-0.05, 0) is 42.8 Å². The summed E-state index contributed by atoms with van der Waals surface area (Å²) in [5.74, 6) is 0.371. The third-order valence-electron chi connectivity index (χ3n) is 4.39. The van der Waals surface area contributed by atoms with Crippen LogP contribution in [0, 0.1) is 5.82 Å². The van der Waals surface area contributed by atoms with Crippen molar-refractivity contribution in [1.82, 2.24) is 24.9 Å². The molecule has 0 aliphatic heterocycles. The van der Waals surface area contributed by atoms with Gasteiger partial charge in [-0.1, -0.05) is 24.3 Å². The van der Waals surface area contributed by atoms with E-state index in [9.17, 15) is 9.18 Å². The highest BCUT2D eigenvalue weighted by atomic mass is 19.1. The van der Waals surface area contributed by atoms with E-state index in [2.05, 4.69) is 20.4 Å². The van der Waals surface area contributed by atoms with Crippen LogP contribution in [0.1, 0.15) is 12.5 Å². The average Bonchev–Trinajstić information content (AvgIpc) is 3.23. The Morgan fingerprint density at radius 2 is 1.86 bits per heavy atom. The zero-order valence-electron chi connectivity index (χ0n) is 15.6. The van der Waals surface area contributed by atoms with Crippen molar-refractivity contribution in [3.8, 4) is 17.0 Å². The number of carbonyl (C=O) groups excluding carboxylic acids is 1. The molecule has 4 rings (SSSR count). The van der Waals surface area contributed by atoms with Gasteiger partial charge in [-0.25, -0.2) is 9.37 Å². The largest absolute Gasteiger partial charge is 0.481 e. The molecule has 29 heavy (non-hydrogen) atoms. The maximum absolute atomic E-state index is 12.9.